The van der Waals surface area contributed by atoms with Crippen molar-refractivity contribution in [3.8, 4) is 0 Å². The number of carbonyl (C=O) groups excluding carboxylic acids is 1. The van der Waals surface area contributed by atoms with Crippen LogP contribution in [0.5, 0.6) is 0 Å². The average Bonchev–Trinajstić information content (AvgIpc) is 3.31. The third kappa shape index (κ3) is 3.58. The highest BCUT2D eigenvalue weighted by Gasteiger charge is 2.48. The van der Waals surface area contributed by atoms with Gasteiger partial charge in [-0.3, -0.25) is 9.69 Å². The van der Waals surface area contributed by atoms with E-state index < -0.39 is 17.0 Å². The Hall–Kier alpha value is -2.21. The molecule has 1 aromatic heterocycles. The number of aryl methyl sites for hydroxylation is 1. The second kappa shape index (κ2) is 7.66. The molecule has 4 rings (SSSR count). The minimum absolute atomic E-state index is 0.0682. The number of piperidine rings is 1. The van der Waals surface area contributed by atoms with E-state index in [-0.39, 0.29) is 18.0 Å². The van der Waals surface area contributed by atoms with Gasteiger partial charge >= 0.3 is 0 Å². The number of furan rings is 1. The average molecular weight is 388 g/mol. The molecule has 2 aliphatic rings. The molecule has 6 heteroatoms. The number of hydrogen-bond donors (Lipinski definition) is 0. The van der Waals surface area contributed by atoms with Crippen molar-refractivity contribution in [3.05, 3.63) is 59.1 Å². The standard InChI is InChI=1S/C22H26F2N2O2/c1-2-17-7-8-18(28-17)14-25-12-10-22(15-25)9-4-11-26(21(22)27)13-16-5-3-6-19(23)20(16)24/h3,5-8H,2,4,9-15H2,1H3. The first-order valence-corrected chi connectivity index (χ1v) is 10.0. The quantitative estimate of drug-likeness (QED) is 0.773. The SMILES string of the molecule is CCc1ccc(CN2CCC3(CCCN(Cc4cccc(F)c4F)C3=O)C2)o1. The highest BCUT2D eigenvalue weighted by atomic mass is 19.2. The lowest BCUT2D eigenvalue weighted by Gasteiger charge is -2.39. The number of nitrogens with zero attached hydrogens (tertiary/aromatic N) is 2. The lowest BCUT2D eigenvalue weighted by Crippen LogP contribution is -2.49. The number of halogens is 2. The van der Waals surface area contributed by atoms with Crippen LogP contribution in [-0.4, -0.2) is 35.3 Å². The summed E-state index contributed by atoms with van der Waals surface area (Å²) >= 11 is 0. The Balaban J connectivity index is 1.44. The van der Waals surface area contributed by atoms with E-state index in [1.807, 2.05) is 12.1 Å². The molecule has 28 heavy (non-hydrogen) atoms. The van der Waals surface area contributed by atoms with Gasteiger partial charge in [0.2, 0.25) is 5.91 Å². The van der Waals surface area contributed by atoms with Crippen LogP contribution < -0.4 is 0 Å². The molecule has 1 aromatic carbocycles. The fraction of sp³-hybridized carbons (Fsp3) is 0.500. The molecule has 0 aliphatic carbocycles. The second-order valence-corrected chi connectivity index (χ2v) is 8.01. The number of hydrogen-bond acceptors (Lipinski definition) is 3. The second-order valence-electron chi connectivity index (χ2n) is 8.01. The summed E-state index contributed by atoms with van der Waals surface area (Å²) in [7, 11) is 0. The van der Waals surface area contributed by atoms with E-state index in [9.17, 15) is 13.6 Å². The number of carbonyl (C=O) groups is 1. The Bertz CT molecular complexity index is 866. The monoisotopic (exact) mass is 388 g/mol. The van der Waals surface area contributed by atoms with Crippen molar-refractivity contribution >= 4 is 5.91 Å². The van der Waals surface area contributed by atoms with Crippen molar-refractivity contribution in [2.75, 3.05) is 19.6 Å². The van der Waals surface area contributed by atoms with E-state index in [0.717, 1.165) is 49.8 Å². The van der Waals surface area contributed by atoms with Crippen LogP contribution in [0.4, 0.5) is 8.78 Å². The predicted molar refractivity (Wildman–Crippen MR) is 101 cm³/mol. The van der Waals surface area contributed by atoms with Crippen molar-refractivity contribution in [2.45, 2.75) is 45.7 Å². The smallest absolute Gasteiger partial charge is 0.230 e. The molecule has 0 bridgehead atoms. The van der Waals surface area contributed by atoms with Gasteiger partial charge in [-0.1, -0.05) is 19.1 Å². The fourth-order valence-electron chi connectivity index (χ4n) is 4.57. The van der Waals surface area contributed by atoms with Crippen LogP contribution in [0, 0.1) is 17.0 Å². The molecule has 1 spiro atoms. The zero-order valence-electron chi connectivity index (χ0n) is 16.2. The van der Waals surface area contributed by atoms with Crippen molar-refractivity contribution in [2.24, 2.45) is 5.41 Å². The molecule has 0 radical (unpaired) electrons. The predicted octanol–water partition coefficient (Wildman–Crippen LogP) is 4.13. The van der Waals surface area contributed by atoms with Crippen LogP contribution >= 0.6 is 0 Å². The molecule has 4 nitrogen and oxygen atoms in total. The molecule has 3 heterocycles. The van der Waals surface area contributed by atoms with Crippen LogP contribution in [-0.2, 0) is 24.3 Å². The maximum atomic E-state index is 14.1. The van der Waals surface area contributed by atoms with Gasteiger partial charge in [-0.25, -0.2) is 8.78 Å². The summed E-state index contributed by atoms with van der Waals surface area (Å²) in [4.78, 5) is 17.2. The summed E-state index contributed by atoms with van der Waals surface area (Å²) in [5.41, 5.74) is -0.176. The molecule has 0 N–H and O–H groups in total. The first kappa shape index (κ1) is 19.1. The number of amides is 1. The largest absolute Gasteiger partial charge is 0.465 e. The molecule has 2 aromatic rings. The topological polar surface area (TPSA) is 36.7 Å². The zero-order chi connectivity index (χ0) is 19.7. The Labute approximate surface area is 164 Å². The minimum Gasteiger partial charge on any atom is -0.465 e. The van der Waals surface area contributed by atoms with Gasteiger partial charge in [0.05, 0.1) is 12.0 Å². The minimum atomic E-state index is -0.867. The molecule has 2 fully saturated rings. The number of benzene rings is 1. The van der Waals surface area contributed by atoms with Crippen molar-refractivity contribution in [1.82, 2.24) is 9.80 Å². The third-order valence-electron chi connectivity index (χ3n) is 6.10. The Kier molecular flexibility index (Phi) is 5.23. The van der Waals surface area contributed by atoms with Gasteiger partial charge < -0.3 is 9.32 Å². The van der Waals surface area contributed by atoms with E-state index in [4.69, 9.17) is 4.42 Å². The van der Waals surface area contributed by atoms with Gasteiger partial charge in [-0.2, -0.15) is 0 Å². The highest BCUT2D eigenvalue weighted by Crippen LogP contribution is 2.41. The fourth-order valence-corrected chi connectivity index (χ4v) is 4.57. The summed E-state index contributed by atoms with van der Waals surface area (Å²) in [5, 5.41) is 0. The first-order valence-electron chi connectivity index (χ1n) is 10.0. The summed E-state index contributed by atoms with van der Waals surface area (Å²) in [6.45, 7) is 5.01. The molecule has 0 saturated carbocycles. The summed E-state index contributed by atoms with van der Waals surface area (Å²) in [6, 6.07) is 8.15. The normalized spacial score (nSPS) is 23.1. The molecule has 1 atom stereocenters. The lowest BCUT2D eigenvalue weighted by atomic mass is 9.78. The van der Waals surface area contributed by atoms with Crippen LogP contribution in [0.25, 0.3) is 0 Å². The maximum Gasteiger partial charge on any atom is 0.230 e. The van der Waals surface area contributed by atoms with E-state index in [1.54, 1.807) is 11.0 Å². The first-order chi connectivity index (χ1) is 13.5. The molecular formula is C22H26F2N2O2. The Morgan fingerprint density at radius 2 is 1.89 bits per heavy atom. The van der Waals surface area contributed by atoms with E-state index in [0.29, 0.717) is 19.6 Å². The number of rotatable bonds is 5. The number of likely N-dealkylation sites (tertiary alicyclic amines) is 2. The molecule has 1 amide bonds. The van der Waals surface area contributed by atoms with E-state index >= 15 is 0 Å². The van der Waals surface area contributed by atoms with Crippen LogP contribution in [0.3, 0.4) is 0 Å². The van der Waals surface area contributed by atoms with E-state index in [1.165, 1.54) is 6.07 Å². The van der Waals surface area contributed by atoms with E-state index in [2.05, 4.69) is 11.8 Å². The van der Waals surface area contributed by atoms with Crippen molar-refractivity contribution in [1.29, 1.82) is 0 Å². The lowest BCUT2D eigenvalue weighted by molar-refractivity contribution is -0.146. The maximum absolute atomic E-state index is 14.1. The third-order valence-corrected chi connectivity index (χ3v) is 6.10. The molecule has 1 unspecified atom stereocenters. The molecule has 150 valence electrons. The van der Waals surface area contributed by atoms with Gasteiger partial charge in [0.25, 0.3) is 0 Å². The Morgan fingerprint density at radius 3 is 2.68 bits per heavy atom. The van der Waals surface area contributed by atoms with Gasteiger partial charge in [-0.05, 0) is 44.0 Å². The van der Waals surface area contributed by atoms with Gasteiger partial charge in [-0.15, -0.1) is 0 Å². The van der Waals surface area contributed by atoms with Crippen LogP contribution in [0.15, 0.2) is 34.7 Å². The highest BCUT2D eigenvalue weighted by molar-refractivity contribution is 5.84. The molecule has 2 aliphatic heterocycles. The van der Waals surface area contributed by atoms with Crippen LogP contribution in [0.2, 0.25) is 0 Å². The zero-order valence-corrected chi connectivity index (χ0v) is 16.2. The molecular weight excluding hydrogens is 362 g/mol. The van der Waals surface area contributed by atoms with Gasteiger partial charge in [0, 0.05) is 31.6 Å². The summed E-state index contributed by atoms with van der Waals surface area (Å²) < 4.78 is 33.4. The summed E-state index contributed by atoms with van der Waals surface area (Å²) in [6.07, 6.45) is 3.41. The Morgan fingerprint density at radius 1 is 1.07 bits per heavy atom. The van der Waals surface area contributed by atoms with Gasteiger partial charge in [0.15, 0.2) is 11.6 Å². The van der Waals surface area contributed by atoms with Crippen LogP contribution in [0.1, 0.15) is 43.3 Å². The summed E-state index contributed by atoms with van der Waals surface area (Å²) in [5.74, 6) is 0.247. The molecule has 2 saturated heterocycles. The van der Waals surface area contributed by atoms with Gasteiger partial charge in [0.1, 0.15) is 11.5 Å². The van der Waals surface area contributed by atoms with Crippen molar-refractivity contribution < 1.29 is 18.0 Å². The van der Waals surface area contributed by atoms with Crippen molar-refractivity contribution in [3.63, 3.8) is 0 Å².